The molecule has 0 saturated carbocycles. The Kier molecular flexibility index (Phi) is 9.23. The van der Waals surface area contributed by atoms with Crippen LogP contribution in [0, 0.1) is 5.92 Å². The van der Waals surface area contributed by atoms with Crippen molar-refractivity contribution in [2.24, 2.45) is 11.7 Å². The second kappa shape index (κ2) is 12.1. The Morgan fingerprint density at radius 3 is 1.45 bits per heavy atom. The summed E-state index contributed by atoms with van der Waals surface area (Å²) in [4.78, 5) is 36.9. The van der Waals surface area contributed by atoms with Crippen LogP contribution >= 0.6 is 0 Å². The van der Waals surface area contributed by atoms with E-state index in [2.05, 4.69) is 0 Å². The maximum atomic E-state index is 12.7. The smallest absolute Gasteiger partial charge is 0.218 e. The normalized spacial score (nSPS) is 11.1. The Morgan fingerprint density at radius 1 is 0.727 bits per heavy atom. The van der Waals surface area contributed by atoms with Gasteiger partial charge in [-0.3, -0.25) is 14.4 Å². The zero-order chi connectivity index (χ0) is 24.4. The molecule has 0 atom stereocenters. The van der Waals surface area contributed by atoms with Gasteiger partial charge in [-0.1, -0.05) is 24.3 Å². The summed E-state index contributed by atoms with van der Waals surface area (Å²) in [6, 6.07) is 10.2. The predicted octanol–water partition coefficient (Wildman–Crippen LogP) is 3.08. The lowest BCUT2D eigenvalue weighted by Crippen LogP contribution is -2.27. The molecule has 2 rings (SSSR count). The summed E-state index contributed by atoms with van der Waals surface area (Å²) in [5.74, 6) is -0.970. The van der Waals surface area contributed by atoms with Gasteiger partial charge in [0.05, 0.1) is 34.4 Å². The van der Waals surface area contributed by atoms with Crippen molar-refractivity contribution in [2.45, 2.75) is 6.42 Å². The molecule has 0 unspecified atom stereocenters. The summed E-state index contributed by atoms with van der Waals surface area (Å²) in [5.41, 5.74) is 6.59. The molecule has 1 amide bonds. The lowest BCUT2D eigenvalue weighted by atomic mass is 9.93. The van der Waals surface area contributed by atoms with Gasteiger partial charge < -0.3 is 24.7 Å². The zero-order valence-corrected chi connectivity index (χ0v) is 19.0. The Bertz CT molecular complexity index is 995. The van der Waals surface area contributed by atoms with E-state index in [1.807, 2.05) is 0 Å². The first-order valence-electron chi connectivity index (χ1n) is 9.99. The summed E-state index contributed by atoms with van der Waals surface area (Å²) in [7, 11) is 6.05. The molecule has 0 aliphatic rings. The SMILES string of the molecule is COc1ccc(/C=C/C(=O)C(CC(N)=O)C(=O)/C=C/c2ccc(OC)c(OC)c2)cc1OC. The number of carbonyl (C=O) groups excluding carboxylic acids is 3. The average Bonchev–Trinajstić information content (AvgIpc) is 2.83. The van der Waals surface area contributed by atoms with Gasteiger partial charge in [-0.2, -0.15) is 0 Å². The molecule has 0 saturated heterocycles. The maximum absolute atomic E-state index is 12.7. The van der Waals surface area contributed by atoms with Gasteiger partial charge in [0.1, 0.15) is 0 Å². The van der Waals surface area contributed by atoms with E-state index in [9.17, 15) is 14.4 Å². The van der Waals surface area contributed by atoms with E-state index < -0.39 is 29.8 Å². The number of amides is 1. The number of methoxy groups -OCH3 is 4. The van der Waals surface area contributed by atoms with Gasteiger partial charge in [-0.15, -0.1) is 0 Å². The van der Waals surface area contributed by atoms with Gasteiger partial charge in [0.2, 0.25) is 5.91 Å². The number of benzene rings is 2. The van der Waals surface area contributed by atoms with Crippen molar-refractivity contribution in [3.8, 4) is 23.0 Å². The van der Waals surface area contributed by atoms with Gasteiger partial charge in [0.25, 0.3) is 0 Å². The molecule has 174 valence electrons. The van der Waals surface area contributed by atoms with Gasteiger partial charge in [-0.25, -0.2) is 0 Å². The Labute approximate surface area is 192 Å². The molecular weight excluding hydrogens is 426 g/mol. The first kappa shape index (κ1) is 25.2. The summed E-state index contributed by atoms with van der Waals surface area (Å²) in [6.45, 7) is 0. The number of primary amides is 1. The Morgan fingerprint density at radius 2 is 1.12 bits per heavy atom. The van der Waals surface area contributed by atoms with Crippen LogP contribution in [-0.4, -0.2) is 45.9 Å². The van der Waals surface area contributed by atoms with Crippen LogP contribution in [0.15, 0.2) is 48.6 Å². The van der Waals surface area contributed by atoms with Crippen LogP contribution in [0.4, 0.5) is 0 Å². The van der Waals surface area contributed by atoms with Crippen molar-refractivity contribution in [1.82, 2.24) is 0 Å². The van der Waals surface area contributed by atoms with Crippen LogP contribution in [0.2, 0.25) is 0 Å². The number of hydrogen-bond donors (Lipinski definition) is 1. The molecule has 0 aliphatic heterocycles. The molecule has 0 aliphatic carbocycles. The number of allylic oxidation sites excluding steroid dienone is 2. The average molecular weight is 453 g/mol. The topological polar surface area (TPSA) is 114 Å². The third-order valence-electron chi connectivity index (χ3n) is 4.79. The van der Waals surface area contributed by atoms with E-state index in [0.717, 1.165) is 0 Å². The van der Waals surface area contributed by atoms with Gasteiger partial charge in [-0.05, 0) is 47.5 Å². The molecule has 8 nitrogen and oxygen atoms in total. The first-order chi connectivity index (χ1) is 15.8. The fraction of sp³-hybridized carbons (Fsp3) is 0.240. The quantitative estimate of drug-likeness (QED) is 0.388. The summed E-state index contributed by atoms with van der Waals surface area (Å²) in [6.07, 6.45) is 5.16. The molecular formula is C25H27NO7. The Balaban J connectivity index is 2.21. The molecule has 0 fully saturated rings. The maximum Gasteiger partial charge on any atom is 0.218 e. The molecule has 0 bridgehead atoms. The molecule has 2 aromatic rings. The minimum atomic E-state index is -1.23. The molecule has 8 heteroatoms. The van der Waals surface area contributed by atoms with Gasteiger partial charge >= 0.3 is 0 Å². The molecule has 2 N–H and O–H groups in total. The summed E-state index contributed by atoms with van der Waals surface area (Å²) >= 11 is 0. The van der Waals surface area contributed by atoms with Crippen molar-refractivity contribution in [1.29, 1.82) is 0 Å². The predicted molar refractivity (Wildman–Crippen MR) is 124 cm³/mol. The first-order valence-corrected chi connectivity index (χ1v) is 9.99. The highest BCUT2D eigenvalue weighted by molar-refractivity contribution is 6.15. The minimum absolute atomic E-state index is 0.399. The van der Waals surface area contributed by atoms with Crippen LogP contribution in [0.5, 0.6) is 23.0 Å². The van der Waals surface area contributed by atoms with Crippen LogP contribution in [0.25, 0.3) is 12.2 Å². The van der Waals surface area contributed by atoms with Crippen LogP contribution in [-0.2, 0) is 14.4 Å². The van der Waals surface area contributed by atoms with E-state index in [1.165, 1.54) is 52.7 Å². The number of ether oxygens (including phenoxy) is 4. The van der Waals surface area contributed by atoms with E-state index in [4.69, 9.17) is 24.7 Å². The number of hydrogen-bond acceptors (Lipinski definition) is 7. The van der Waals surface area contributed by atoms with Crippen molar-refractivity contribution in [3.05, 3.63) is 59.7 Å². The fourth-order valence-electron chi connectivity index (χ4n) is 3.04. The van der Waals surface area contributed by atoms with E-state index in [0.29, 0.717) is 34.1 Å². The number of nitrogens with two attached hydrogens (primary N) is 1. The summed E-state index contributed by atoms with van der Waals surface area (Å²) < 4.78 is 20.9. The van der Waals surface area contributed by atoms with Gasteiger partial charge in [0, 0.05) is 6.42 Å². The zero-order valence-electron chi connectivity index (χ0n) is 19.0. The molecule has 2 aromatic carbocycles. The third kappa shape index (κ3) is 6.96. The molecule has 33 heavy (non-hydrogen) atoms. The minimum Gasteiger partial charge on any atom is -0.493 e. The van der Waals surface area contributed by atoms with Crippen molar-refractivity contribution < 1.29 is 33.3 Å². The lowest BCUT2D eigenvalue weighted by Gasteiger charge is -2.10. The highest BCUT2D eigenvalue weighted by atomic mass is 16.5. The highest BCUT2D eigenvalue weighted by Crippen LogP contribution is 2.29. The fourth-order valence-corrected chi connectivity index (χ4v) is 3.04. The molecule has 0 aromatic heterocycles. The van der Waals surface area contributed by atoms with Crippen LogP contribution in [0.1, 0.15) is 17.5 Å². The van der Waals surface area contributed by atoms with E-state index in [-0.39, 0.29) is 0 Å². The second-order valence-electron chi connectivity index (χ2n) is 6.92. The summed E-state index contributed by atoms with van der Waals surface area (Å²) in [5, 5.41) is 0. The third-order valence-corrected chi connectivity index (χ3v) is 4.79. The van der Waals surface area contributed by atoms with Crippen LogP contribution in [0.3, 0.4) is 0 Å². The molecule has 0 heterocycles. The largest absolute Gasteiger partial charge is 0.493 e. The standard InChI is InChI=1S/C25H27NO7/c1-30-21-11-7-16(13-23(21)32-3)5-9-19(27)18(15-25(26)29)20(28)10-6-17-8-12-22(31-2)24(14-17)33-4/h5-14,18H,15H2,1-4H3,(H2,26,29)/b9-5+,10-6+. The van der Waals surface area contributed by atoms with Crippen molar-refractivity contribution >= 4 is 29.6 Å². The number of carbonyl (C=O) groups is 3. The Hall–Kier alpha value is -4.07. The van der Waals surface area contributed by atoms with Crippen molar-refractivity contribution in [2.75, 3.05) is 28.4 Å². The van der Waals surface area contributed by atoms with E-state index in [1.54, 1.807) is 36.4 Å². The van der Waals surface area contributed by atoms with Crippen molar-refractivity contribution in [3.63, 3.8) is 0 Å². The lowest BCUT2D eigenvalue weighted by molar-refractivity contribution is -0.131. The monoisotopic (exact) mass is 453 g/mol. The van der Waals surface area contributed by atoms with Gasteiger partial charge in [0.15, 0.2) is 34.6 Å². The molecule has 0 spiro atoms. The highest BCUT2D eigenvalue weighted by Gasteiger charge is 2.25. The van der Waals surface area contributed by atoms with E-state index >= 15 is 0 Å². The van der Waals surface area contributed by atoms with Crippen LogP contribution < -0.4 is 24.7 Å². The molecule has 0 radical (unpaired) electrons. The second-order valence-corrected chi connectivity index (χ2v) is 6.92. The number of rotatable bonds is 12. The number of ketones is 2.